The van der Waals surface area contributed by atoms with E-state index in [0.717, 1.165) is 21.6 Å². The predicted octanol–water partition coefficient (Wildman–Crippen LogP) is 3.96. The van der Waals surface area contributed by atoms with Crippen LogP contribution >= 0.6 is 22.9 Å². The van der Waals surface area contributed by atoms with E-state index in [4.69, 9.17) is 11.6 Å². The Hall–Kier alpha value is -1.65. The van der Waals surface area contributed by atoms with Crippen LogP contribution in [0.5, 0.6) is 0 Å². The SMILES string of the molecule is Clc1cnc(CNc2cccc3ncccc23)s1. The number of nitrogens with zero attached hydrogens (tertiary/aromatic N) is 2. The minimum absolute atomic E-state index is 0.672. The second-order valence-corrected chi connectivity index (χ2v) is 5.53. The van der Waals surface area contributed by atoms with Crippen LogP contribution < -0.4 is 5.32 Å². The third-order valence-electron chi connectivity index (χ3n) is 2.60. The highest BCUT2D eigenvalue weighted by atomic mass is 35.5. The smallest absolute Gasteiger partial charge is 0.113 e. The van der Waals surface area contributed by atoms with Crippen LogP contribution in [0.3, 0.4) is 0 Å². The molecule has 0 atom stereocenters. The number of hydrogen-bond donors (Lipinski definition) is 1. The zero-order valence-corrected chi connectivity index (χ0v) is 11.0. The fraction of sp³-hybridized carbons (Fsp3) is 0.0769. The van der Waals surface area contributed by atoms with E-state index in [1.54, 1.807) is 12.4 Å². The second kappa shape index (κ2) is 4.92. The van der Waals surface area contributed by atoms with Gasteiger partial charge in [-0.25, -0.2) is 4.98 Å². The molecule has 2 aromatic heterocycles. The van der Waals surface area contributed by atoms with Crippen molar-refractivity contribution in [3.05, 3.63) is 52.1 Å². The molecule has 1 N–H and O–H groups in total. The second-order valence-electron chi connectivity index (χ2n) is 3.79. The predicted molar refractivity (Wildman–Crippen MR) is 76.2 cm³/mol. The number of hydrogen-bond acceptors (Lipinski definition) is 4. The van der Waals surface area contributed by atoms with Gasteiger partial charge in [0.2, 0.25) is 0 Å². The van der Waals surface area contributed by atoms with Crippen LogP contribution in [-0.2, 0) is 6.54 Å². The Kier molecular flexibility index (Phi) is 3.13. The number of halogens is 1. The summed E-state index contributed by atoms with van der Waals surface area (Å²) in [5.41, 5.74) is 2.05. The van der Waals surface area contributed by atoms with Crippen molar-refractivity contribution in [1.82, 2.24) is 9.97 Å². The van der Waals surface area contributed by atoms with Gasteiger partial charge in [-0.2, -0.15) is 0 Å². The van der Waals surface area contributed by atoms with Crippen molar-refractivity contribution in [1.29, 1.82) is 0 Å². The summed E-state index contributed by atoms with van der Waals surface area (Å²) >= 11 is 7.34. The largest absolute Gasteiger partial charge is 0.378 e. The number of rotatable bonds is 3. The third-order valence-corrected chi connectivity index (χ3v) is 3.72. The highest BCUT2D eigenvalue weighted by Gasteiger charge is 2.03. The van der Waals surface area contributed by atoms with Crippen LogP contribution in [0.15, 0.2) is 42.7 Å². The lowest BCUT2D eigenvalue weighted by molar-refractivity contribution is 1.11. The number of benzene rings is 1. The number of pyridine rings is 1. The monoisotopic (exact) mass is 275 g/mol. The first-order valence-electron chi connectivity index (χ1n) is 5.51. The maximum Gasteiger partial charge on any atom is 0.113 e. The Balaban J connectivity index is 1.86. The summed E-state index contributed by atoms with van der Waals surface area (Å²) in [6.07, 6.45) is 3.47. The molecule has 0 aliphatic heterocycles. The summed E-state index contributed by atoms with van der Waals surface area (Å²) in [7, 11) is 0. The zero-order chi connectivity index (χ0) is 12.4. The Labute approximate surface area is 113 Å². The molecule has 5 heteroatoms. The number of nitrogens with one attached hydrogen (secondary N) is 1. The van der Waals surface area contributed by atoms with Gasteiger partial charge < -0.3 is 5.32 Å². The van der Waals surface area contributed by atoms with E-state index in [1.165, 1.54) is 11.3 Å². The van der Waals surface area contributed by atoms with E-state index >= 15 is 0 Å². The Morgan fingerprint density at radius 2 is 2.11 bits per heavy atom. The average Bonchev–Trinajstić information content (AvgIpc) is 2.82. The Morgan fingerprint density at radius 3 is 2.94 bits per heavy atom. The van der Waals surface area contributed by atoms with Crippen LogP contribution in [-0.4, -0.2) is 9.97 Å². The van der Waals surface area contributed by atoms with Gasteiger partial charge in [0.25, 0.3) is 0 Å². The topological polar surface area (TPSA) is 37.8 Å². The van der Waals surface area contributed by atoms with Crippen molar-refractivity contribution < 1.29 is 0 Å². The van der Waals surface area contributed by atoms with Crippen molar-refractivity contribution in [2.45, 2.75) is 6.54 Å². The van der Waals surface area contributed by atoms with Crippen LogP contribution in [0.1, 0.15) is 5.01 Å². The third kappa shape index (κ3) is 2.30. The van der Waals surface area contributed by atoms with Gasteiger partial charge in [0.1, 0.15) is 9.34 Å². The quantitative estimate of drug-likeness (QED) is 0.786. The highest BCUT2D eigenvalue weighted by molar-refractivity contribution is 7.15. The molecule has 0 saturated carbocycles. The summed E-state index contributed by atoms with van der Waals surface area (Å²) in [4.78, 5) is 8.55. The van der Waals surface area contributed by atoms with E-state index in [2.05, 4.69) is 21.4 Å². The van der Waals surface area contributed by atoms with Gasteiger partial charge in [0, 0.05) is 17.3 Å². The molecule has 0 radical (unpaired) electrons. The molecule has 3 aromatic rings. The zero-order valence-electron chi connectivity index (χ0n) is 9.43. The molecule has 0 fully saturated rings. The molecule has 3 nitrogen and oxygen atoms in total. The maximum absolute atomic E-state index is 5.86. The molecule has 1 aromatic carbocycles. The van der Waals surface area contributed by atoms with E-state index in [9.17, 15) is 0 Å². The lowest BCUT2D eigenvalue weighted by Crippen LogP contribution is -1.99. The van der Waals surface area contributed by atoms with Gasteiger partial charge in [-0.3, -0.25) is 4.98 Å². The minimum atomic E-state index is 0.672. The molecule has 0 unspecified atom stereocenters. The fourth-order valence-electron chi connectivity index (χ4n) is 1.80. The highest BCUT2D eigenvalue weighted by Crippen LogP contribution is 2.23. The van der Waals surface area contributed by atoms with Crippen LogP contribution in [0.2, 0.25) is 4.34 Å². The standard InChI is InChI=1S/C13H10ClN3S/c14-12-7-17-13(18-12)8-16-11-5-1-4-10-9(11)3-2-6-15-10/h1-7,16H,8H2. The molecule has 3 rings (SSSR count). The molecule has 0 bridgehead atoms. The summed E-state index contributed by atoms with van der Waals surface area (Å²) in [6.45, 7) is 0.672. The van der Waals surface area contributed by atoms with E-state index in [0.29, 0.717) is 10.9 Å². The van der Waals surface area contributed by atoms with Crippen molar-refractivity contribution in [2.75, 3.05) is 5.32 Å². The van der Waals surface area contributed by atoms with Gasteiger partial charge in [-0.05, 0) is 24.3 Å². The Bertz CT molecular complexity index is 675. The molecule has 0 aliphatic rings. The van der Waals surface area contributed by atoms with E-state index in [-0.39, 0.29) is 0 Å². The molecule has 18 heavy (non-hydrogen) atoms. The maximum atomic E-state index is 5.86. The molecule has 0 saturated heterocycles. The molecule has 0 amide bonds. The van der Waals surface area contributed by atoms with E-state index in [1.807, 2.05) is 24.3 Å². The number of anilines is 1. The first-order valence-corrected chi connectivity index (χ1v) is 6.70. The van der Waals surface area contributed by atoms with Crippen molar-refractivity contribution >= 4 is 39.5 Å². The first-order chi connectivity index (χ1) is 8.83. The van der Waals surface area contributed by atoms with Gasteiger partial charge in [0.15, 0.2) is 0 Å². The van der Waals surface area contributed by atoms with Gasteiger partial charge >= 0.3 is 0 Å². The Morgan fingerprint density at radius 1 is 1.17 bits per heavy atom. The normalized spacial score (nSPS) is 10.7. The van der Waals surface area contributed by atoms with Gasteiger partial charge in [-0.1, -0.05) is 17.7 Å². The van der Waals surface area contributed by atoms with Crippen LogP contribution in [0.25, 0.3) is 10.9 Å². The molecule has 2 heterocycles. The summed E-state index contributed by atoms with van der Waals surface area (Å²) < 4.78 is 0.714. The van der Waals surface area contributed by atoms with E-state index < -0.39 is 0 Å². The molecular weight excluding hydrogens is 266 g/mol. The lowest BCUT2D eigenvalue weighted by Gasteiger charge is -2.07. The molecule has 0 aliphatic carbocycles. The summed E-state index contributed by atoms with van der Waals surface area (Å²) in [6, 6.07) is 10.0. The van der Waals surface area contributed by atoms with Crippen LogP contribution in [0, 0.1) is 0 Å². The van der Waals surface area contributed by atoms with Gasteiger partial charge in [-0.15, -0.1) is 11.3 Å². The van der Waals surface area contributed by atoms with Crippen LogP contribution in [0.4, 0.5) is 5.69 Å². The summed E-state index contributed by atoms with van der Waals surface area (Å²) in [5, 5.41) is 5.45. The number of fused-ring (bicyclic) bond motifs is 1. The molecule has 90 valence electrons. The summed E-state index contributed by atoms with van der Waals surface area (Å²) in [5.74, 6) is 0. The van der Waals surface area contributed by atoms with Gasteiger partial charge in [0.05, 0.1) is 18.3 Å². The first kappa shape index (κ1) is 11.4. The fourth-order valence-corrected chi connectivity index (χ4v) is 2.69. The number of thiazole rings is 1. The average molecular weight is 276 g/mol. The number of aromatic nitrogens is 2. The lowest BCUT2D eigenvalue weighted by atomic mass is 10.2. The minimum Gasteiger partial charge on any atom is -0.378 e. The van der Waals surface area contributed by atoms with Crippen molar-refractivity contribution in [3.8, 4) is 0 Å². The van der Waals surface area contributed by atoms with Crippen molar-refractivity contribution in [3.63, 3.8) is 0 Å². The van der Waals surface area contributed by atoms with Crippen molar-refractivity contribution in [2.24, 2.45) is 0 Å². The molecular formula is C13H10ClN3S. The molecule has 0 spiro atoms.